The Kier molecular flexibility index (Phi) is 5.33. The fourth-order valence-corrected chi connectivity index (χ4v) is 3.84. The molecule has 1 aliphatic carbocycles. The second-order valence-electron chi connectivity index (χ2n) is 5.64. The van der Waals surface area contributed by atoms with Gasteiger partial charge in [0.2, 0.25) is 5.91 Å². The largest absolute Gasteiger partial charge is 0.481 e. The third-order valence-corrected chi connectivity index (χ3v) is 5.26. The van der Waals surface area contributed by atoms with Gasteiger partial charge in [-0.05, 0) is 25.2 Å². The highest BCUT2D eigenvalue weighted by Crippen LogP contribution is 2.39. The molecule has 0 spiro atoms. The molecular formula is C15H22N2O3S. The van der Waals surface area contributed by atoms with Gasteiger partial charge >= 0.3 is 5.97 Å². The van der Waals surface area contributed by atoms with Crippen molar-refractivity contribution in [2.45, 2.75) is 45.6 Å². The number of carbonyl (C=O) groups excluding carboxylic acids is 1. The van der Waals surface area contributed by atoms with E-state index in [-0.39, 0.29) is 11.9 Å². The van der Waals surface area contributed by atoms with E-state index in [0.29, 0.717) is 18.8 Å². The summed E-state index contributed by atoms with van der Waals surface area (Å²) >= 11 is 1.51. The van der Waals surface area contributed by atoms with Crippen molar-refractivity contribution in [3.8, 4) is 0 Å². The zero-order valence-corrected chi connectivity index (χ0v) is 13.2. The first kappa shape index (κ1) is 15.9. The molecule has 0 bridgehead atoms. The zero-order valence-electron chi connectivity index (χ0n) is 12.4. The van der Waals surface area contributed by atoms with E-state index in [2.05, 4.69) is 10.3 Å². The van der Waals surface area contributed by atoms with E-state index in [0.717, 1.165) is 17.8 Å². The summed E-state index contributed by atoms with van der Waals surface area (Å²) in [7, 11) is 0. The molecule has 1 aromatic heterocycles. The van der Waals surface area contributed by atoms with Gasteiger partial charge in [0.15, 0.2) is 0 Å². The summed E-state index contributed by atoms with van der Waals surface area (Å²) in [5.74, 6) is -1.62. The zero-order chi connectivity index (χ0) is 15.4. The van der Waals surface area contributed by atoms with Crippen LogP contribution in [0.5, 0.6) is 0 Å². The Hall–Kier alpha value is -1.43. The van der Waals surface area contributed by atoms with E-state index in [1.807, 2.05) is 19.2 Å². The Labute approximate surface area is 128 Å². The van der Waals surface area contributed by atoms with Crippen molar-refractivity contribution in [2.75, 3.05) is 0 Å². The van der Waals surface area contributed by atoms with Gasteiger partial charge in [-0.2, -0.15) is 0 Å². The number of carbonyl (C=O) groups is 2. The SMILES string of the molecule is CCC1CC(C(=O)O)C(C(=O)NC(CC)c2nccs2)C1. The van der Waals surface area contributed by atoms with Gasteiger partial charge in [0.05, 0.1) is 17.9 Å². The standard InChI is InChI=1S/C15H22N2O3S/c1-3-9-7-10(11(8-9)15(19)20)13(18)17-12(4-2)14-16-5-6-21-14/h5-6,9-12H,3-4,7-8H2,1-2H3,(H,17,18)(H,19,20). The van der Waals surface area contributed by atoms with Crippen LogP contribution in [0.2, 0.25) is 0 Å². The molecule has 1 fully saturated rings. The Morgan fingerprint density at radius 2 is 2.14 bits per heavy atom. The van der Waals surface area contributed by atoms with Crippen LogP contribution in [0.15, 0.2) is 11.6 Å². The maximum Gasteiger partial charge on any atom is 0.307 e. The highest BCUT2D eigenvalue weighted by Gasteiger charge is 2.42. The normalized spacial score (nSPS) is 26.5. The number of hydrogen-bond acceptors (Lipinski definition) is 4. The van der Waals surface area contributed by atoms with Gasteiger partial charge in [-0.3, -0.25) is 9.59 Å². The summed E-state index contributed by atoms with van der Waals surface area (Å²) in [6, 6.07) is -0.118. The van der Waals surface area contributed by atoms with Crippen LogP contribution in [-0.4, -0.2) is 22.0 Å². The van der Waals surface area contributed by atoms with Crippen molar-refractivity contribution < 1.29 is 14.7 Å². The van der Waals surface area contributed by atoms with Crippen LogP contribution in [0.4, 0.5) is 0 Å². The first-order valence-corrected chi connectivity index (χ1v) is 8.37. The van der Waals surface area contributed by atoms with Gasteiger partial charge in [0.25, 0.3) is 0 Å². The Morgan fingerprint density at radius 1 is 1.43 bits per heavy atom. The summed E-state index contributed by atoms with van der Waals surface area (Å²) in [5, 5.41) is 15.1. The number of nitrogens with zero attached hydrogens (tertiary/aromatic N) is 1. The van der Waals surface area contributed by atoms with Crippen molar-refractivity contribution in [3.63, 3.8) is 0 Å². The van der Waals surface area contributed by atoms with Crippen molar-refractivity contribution in [1.82, 2.24) is 10.3 Å². The molecule has 1 heterocycles. The smallest absolute Gasteiger partial charge is 0.307 e. The van der Waals surface area contributed by atoms with Gasteiger partial charge in [0, 0.05) is 11.6 Å². The highest BCUT2D eigenvalue weighted by atomic mass is 32.1. The molecule has 0 saturated heterocycles. The second kappa shape index (κ2) is 7.02. The van der Waals surface area contributed by atoms with E-state index >= 15 is 0 Å². The molecule has 1 amide bonds. The fraction of sp³-hybridized carbons (Fsp3) is 0.667. The molecule has 0 aliphatic heterocycles. The predicted octanol–water partition coefficient (Wildman–Crippen LogP) is 2.85. The number of rotatable bonds is 6. The highest BCUT2D eigenvalue weighted by molar-refractivity contribution is 7.09. The van der Waals surface area contributed by atoms with Crippen LogP contribution in [0.25, 0.3) is 0 Å². The maximum absolute atomic E-state index is 12.5. The molecular weight excluding hydrogens is 288 g/mol. The molecule has 0 radical (unpaired) electrons. The molecule has 1 saturated carbocycles. The van der Waals surface area contributed by atoms with Gasteiger partial charge in [0.1, 0.15) is 5.01 Å². The summed E-state index contributed by atoms with van der Waals surface area (Å²) in [5.41, 5.74) is 0. The molecule has 0 aromatic carbocycles. The van der Waals surface area contributed by atoms with Crippen LogP contribution < -0.4 is 5.32 Å². The topological polar surface area (TPSA) is 79.3 Å². The summed E-state index contributed by atoms with van der Waals surface area (Å²) in [4.78, 5) is 28.1. The Bertz CT molecular complexity index is 489. The summed E-state index contributed by atoms with van der Waals surface area (Å²) < 4.78 is 0. The number of carboxylic acid groups (broad SMARTS) is 1. The third-order valence-electron chi connectivity index (χ3n) is 4.37. The predicted molar refractivity (Wildman–Crippen MR) is 80.9 cm³/mol. The van der Waals surface area contributed by atoms with Gasteiger partial charge in [-0.15, -0.1) is 11.3 Å². The molecule has 1 aromatic rings. The molecule has 1 aliphatic rings. The molecule has 2 N–H and O–H groups in total. The van der Waals surface area contributed by atoms with Crippen LogP contribution in [0, 0.1) is 17.8 Å². The average molecular weight is 310 g/mol. The number of aliphatic carboxylic acids is 1. The van der Waals surface area contributed by atoms with Crippen molar-refractivity contribution in [2.24, 2.45) is 17.8 Å². The van der Waals surface area contributed by atoms with Gasteiger partial charge in [-0.25, -0.2) is 4.98 Å². The first-order chi connectivity index (χ1) is 10.1. The van der Waals surface area contributed by atoms with Crippen LogP contribution in [0.1, 0.15) is 50.6 Å². The third kappa shape index (κ3) is 3.61. The van der Waals surface area contributed by atoms with E-state index < -0.39 is 17.8 Å². The maximum atomic E-state index is 12.5. The monoisotopic (exact) mass is 310 g/mol. The molecule has 4 unspecified atom stereocenters. The van der Waals surface area contributed by atoms with E-state index in [1.165, 1.54) is 11.3 Å². The van der Waals surface area contributed by atoms with Crippen LogP contribution in [-0.2, 0) is 9.59 Å². The lowest BCUT2D eigenvalue weighted by molar-refractivity contribution is -0.146. The van der Waals surface area contributed by atoms with Crippen LogP contribution in [0.3, 0.4) is 0 Å². The van der Waals surface area contributed by atoms with E-state index in [4.69, 9.17) is 0 Å². The van der Waals surface area contributed by atoms with E-state index in [1.54, 1.807) is 6.20 Å². The number of hydrogen-bond donors (Lipinski definition) is 2. The van der Waals surface area contributed by atoms with Gasteiger partial charge in [-0.1, -0.05) is 20.3 Å². The fourth-order valence-electron chi connectivity index (χ4n) is 3.06. The first-order valence-electron chi connectivity index (χ1n) is 7.49. The number of amides is 1. The van der Waals surface area contributed by atoms with E-state index in [9.17, 15) is 14.7 Å². The van der Waals surface area contributed by atoms with Crippen molar-refractivity contribution in [3.05, 3.63) is 16.6 Å². The number of aromatic nitrogens is 1. The lowest BCUT2D eigenvalue weighted by Crippen LogP contribution is -2.37. The minimum absolute atomic E-state index is 0.118. The van der Waals surface area contributed by atoms with Crippen LogP contribution >= 0.6 is 11.3 Å². The quantitative estimate of drug-likeness (QED) is 0.847. The minimum atomic E-state index is -0.853. The lowest BCUT2D eigenvalue weighted by Gasteiger charge is -2.20. The lowest BCUT2D eigenvalue weighted by atomic mass is 9.95. The van der Waals surface area contributed by atoms with Crippen molar-refractivity contribution >= 4 is 23.2 Å². The summed E-state index contributed by atoms with van der Waals surface area (Å²) in [6.45, 7) is 4.04. The Morgan fingerprint density at radius 3 is 2.67 bits per heavy atom. The van der Waals surface area contributed by atoms with Gasteiger partial charge < -0.3 is 10.4 Å². The second-order valence-corrected chi connectivity index (χ2v) is 6.56. The molecule has 6 heteroatoms. The molecule has 116 valence electrons. The summed E-state index contributed by atoms with van der Waals surface area (Å²) in [6.07, 6.45) is 4.68. The number of nitrogens with one attached hydrogen (secondary N) is 1. The molecule has 21 heavy (non-hydrogen) atoms. The molecule has 2 rings (SSSR count). The van der Waals surface area contributed by atoms with Crippen molar-refractivity contribution in [1.29, 1.82) is 0 Å². The molecule has 4 atom stereocenters. The number of thiazole rings is 1. The Balaban J connectivity index is 2.06. The number of carboxylic acids is 1. The average Bonchev–Trinajstić information content (AvgIpc) is 3.13. The molecule has 5 nitrogen and oxygen atoms in total. The minimum Gasteiger partial charge on any atom is -0.481 e.